The number of aliphatic hydroxyl groups excluding tert-OH is 1. The zero-order valence-corrected chi connectivity index (χ0v) is 10.1. The molecule has 0 saturated heterocycles. The molecule has 0 heterocycles. The normalized spacial score (nSPS) is 11.4. The van der Waals surface area contributed by atoms with Crippen LogP contribution in [-0.2, 0) is 16.4 Å². The maximum atomic E-state index is 11.3. The largest absolute Gasteiger partial charge is 0.395 e. The van der Waals surface area contributed by atoms with Crippen molar-refractivity contribution in [3.63, 3.8) is 0 Å². The van der Waals surface area contributed by atoms with Gasteiger partial charge in [-0.15, -0.1) is 0 Å². The van der Waals surface area contributed by atoms with Crippen LogP contribution in [0, 0.1) is 0 Å². The summed E-state index contributed by atoms with van der Waals surface area (Å²) in [6.07, 6.45) is 2.05. The van der Waals surface area contributed by atoms with Gasteiger partial charge in [-0.2, -0.15) is 0 Å². The Bertz CT molecular complexity index is 411. The van der Waals surface area contributed by atoms with E-state index in [9.17, 15) is 8.42 Å². The first kappa shape index (κ1) is 13.0. The number of aliphatic hydroxyl groups is 1. The number of hydrogen-bond acceptors (Lipinski definition) is 3. The van der Waals surface area contributed by atoms with Gasteiger partial charge in [0.1, 0.15) is 0 Å². The number of nitrogens with one attached hydrogen (secondary N) is 1. The summed E-state index contributed by atoms with van der Waals surface area (Å²) in [5, 5.41) is 8.57. The van der Waals surface area contributed by atoms with Gasteiger partial charge in [-0.3, -0.25) is 4.72 Å². The van der Waals surface area contributed by atoms with Crippen LogP contribution in [0.1, 0.15) is 18.9 Å². The van der Waals surface area contributed by atoms with E-state index in [0.29, 0.717) is 5.69 Å². The van der Waals surface area contributed by atoms with Crippen LogP contribution < -0.4 is 4.72 Å². The van der Waals surface area contributed by atoms with Crippen LogP contribution in [-0.4, -0.2) is 25.9 Å². The molecule has 0 spiro atoms. The first-order chi connectivity index (χ1) is 7.57. The summed E-state index contributed by atoms with van der Waals surface area (Å²) in [5.41, 5.74) is 1.72. The first-order valence-electron chi connectivity index (χ1n) is 5.27. The van der Waals surface area contributed by atoms with Gasteiger partial charge < -0.3 is 5.11 Å². The lowest BCUT2D eigenvalue weighted by Crippen LogP contribution is -2.18. The number of sulfonamides is 1. The summed E-state index contributed by atoms with van der Waals surface area (Å²) in [4.78, 5) is 0. The van der Waals surface area contributed by atoms with E-state index in [1.165, 1.54) is 5.56 Å². The summed E-state index contributed by atoms with van der Waals surface area (Å²) in [6, 6.07) is 7.28. The maximum Gasteiger partial charge on any atom is 0.234 e. The molecule has 1 aromatic rings. The highest BCUT2D eigenvalue weighted by Gasteiger charge is 2.08. The Kier molecular flexibility index (Phi) is 4.76. The second-order valence-corrected chi connectivity index (χ2v) is 5.43. The minimum absolute atomic E-state index is 0.274. The zero-order valence-electron chi connectivity index (χ0n) is 9.31. The second-order valence-electron chi connectivity index (χ2n) is 3.59. The third kappa shape index (κ3) is 4.20. The Morgan fingerprint density at radius 3 is 2.38 bits per heavy atom. The quantitative estimate of drug-likeness (QED) is 0.793. The van der Waals surface area contributed by atoms with E-state index in [4.69, 9.17) is 5.11 Å². The van der Waals surface area contributed by atoms with Crippen LogP contribution in [0.4, 0.5) is 5.69 Å². The van der Waals surface area contributed by atoms with Crippen LogP contribution in [0.3, 0.4) is 0 Å². The van der Waals surface area contributed by atoms with Crippen LogP contribution in [0.25, 0.3) is 0 Å². The van der Waals surface area contributed by atoms with E-state index in [0.717, 1.165) is 12.8 Å². The van der Waals surface area contributed by atoms with E-state index < -0.39 is 10.0 Å². The number of rotatable bonds is 6. The Morgan fingerprint density at radius 2 is 1.88 bits per heavy atom. The van der Waals surface area contributed by atoms with Gasteiger partial charge in [0, 0.05) is 5.69 Å². The fraction of sp³-hybridized carbons (Fsp3) is 0.455. The van der Waals surface area contributed by atoms with Crippen molar-refractivity contribution in [1.29, 1.82) is 0 Å². The summed E-state index contributed by atoms with van der Waals surface area (Å²) >= 11 is 0. The third-order valence-electron chi connectivity index (χ3n) is 2.13. The predicted octanol–water partition coefficient (Wildman–Crippen LogP) is 1.37. The molecule has 0 fully saturated rings. The van der Waals surface area contributed by atoms with Crippen molar-refractivity contribution in [3.05, 3.63) is 29.8 Å². The monoisotopic (exact) mass is 243 g/mol. The minimum atomic E-state index is -3.41. The lowest BCUT2D eigenvalue weighted by Gasteiger charge is -2.07. The molecule has 4 nitrogen and oxygen atoms in total. The number of benzene rings is 1. The summed E-state index contributed by atoms with van der Waals surface area (Å²) in [7, 11) is -3.41. The minimum Gasteiger partial charge on any atom is -0.395 e. The fourth-order valence-corrected chi connectivity index (χ4v) is 2.22. The van der Waals surface area contributed by atoms with Gasteiger partial charge in [-0.1, -0.05) is 25.5 Å². The molecule has 0 saturated carbocycles. The van der Waals surface area contributed by atoms with Gasteiger partial charge in [0.05, 0.1) is 12.4 Å². The third-order valence-corrected chi connectivity index (χ3v) is 3.39. The SMILES string of the molecule is CCCc1ccc(NS(=O)(=O)CCO)cc1. The zero-order chi connectivity index (χ0) is 12.0. The molecule has 0 aliphatic carbocycles. The topological polar surface area (TPSA) is 66.4 Å². The van der Waals surface area contributed by atoms with E-state index in [1.807, 2.05) is 12.1 Å². The molecule has 0 amide bonds. The molecule has 5 heteroatoms. The predicted molar refractivity (Wildman–Crippen MR) is 64.9 cm³/mol. The van der Waals surface area contributed by atoms with Crippen molar-refractivity contribution >= 4 is 15.7 Å². The summed E-state index contributed by atoms with van der Waals surface area (Å²) < 4.78 is 25.1. The average Bonchev–Trinajstić information content (AvgIpc) is 2.21. The van der Waals surface area contributed by atoms with Gasteiger partial charge in [0.2, 0.25) is 10.0 Å². The van der Waals surface area contributed by atoms with E-state index in [-0.39, 0.29) is 12.4 Å². The summed E-state index contributed by atoms with van der Waals surface area (Å²) in [5.74, 6) is -0.274. The Morgan fingerprint density at radius 1 is 1.25 bits per heavy atom. The Labute approximate surface area is 96.4 Å². The number of anilines is 1. The van der Waals surface area contributed by atoms with Crippen LogP contribution in [0.2, 0.25) is 0 Å². The Balaban J connectivity index is 2.68. The van der Waals surface area contributed by atoms with Crippen LogP contribution in [0.5, 0.6) is 0 Å². The smallest absolute Gasteiger partial charge is 0.234 e. The standard InChI is InChI=1S/C11H17NO3S/c1-2-3-10-4-6-11(7-5-10)12-16(14,15)9-8-13/h4-7,12-13H,2-3,8-9H2,1H3. The molecule has 0 unspecified atom stereocenters. The lowest BCUT2D eigenvalue weighted by atomic mass is 10.1. The lowest BCUT2D eigenvalue weighted by molar-refractivity contribution is 0.320. The van der Waals surface area contributed by atoms with Gasteiger partial charge >= 0.3 is 0 Å². The van der Waals surface area contributed by atoms with E-state index in [2.05, 4.69) is 11.6 Å². The molecular weight excluding hydrogens is 226 g/mol. The molecule has 1 rings (SSSR count). The van der Waals surface area contributed by atoms with Crippen molar-refractivity contribution in [1.82, 2.24) is 0 Å². The maximum absolute atomic E-state index is 11.3. The second kappa shape index (κ2) is 5.86. The molecule has 16 heavy (non-hydrogen) atoms. The van der Waals surface area contributed by atoms with Crippen molar-refractivity contribution in [2.75, 3.05) is 17.1 Å². The molecule has 0 aromatic heterocycles. The van der Waals surface area contributed by atoms with Crippen molar-refractivity contribution in [3.8, 4) is 0 Å². The molecule has 0 aliphatic rings. The first-order valence-corrected chi connectivity index (χ1v) is 6.93. The molecule has 2 N–H and O–H groups in total. The molecule has 0 bridgehead atoms. The molecular formula is C11H17NO3S. The molecule has 1 aromatic carbocycles. The van der Waals surface area contributed by atoms with Crippen molar-refractivity contribution in [2.45, 2.75) is 19.8 Å². The molecule has 0 radical (unpaired) electrons. The van der Waals surface area contributed by atoms with Gasteiger partial charge in [0.15, 0.2) is 0 Å². The van der Waals surface area contributed by atoms with Crippen LogP contribution in [0.15, 0.2) is 24.3 Å². The molecule has 90 valence electrons. The van der Waals surface area contributed by atoms with E-state index in [1.54, 1.807) is 12.1 Å². The molecule has 0 aliphatic heterocycles. The van der Waals surface area contributed by atoms with Crippen molar-refractivity contribution in [2.24, 2.45) is 0 Å². The highest BCUT2D eigenvalue weighted by molar-refractivity contribution is 7.92. The highest BCUT2D eigenvalue weighted by atomic mass is 32.2. The number of hydrogen-bond donors (Lipinski definition) is 2. The highest BCUT2D eigenvalue weighted by Crippen LogP contribution is 2.12. The van der Waals surface area contributed by atoms with Crippen molar-refractivity contribution < 1.29 is 13.5 Å². The fourth-order valence-electron chi connectivity index (χ4n) is 1.38. The van der Waals surface area contributed by atoms with Gasteiger partial charge in [-0.05, 0) is 24.1 Å². The summed E-state index contributed by atoms with van der Waals surface area (Å²) in [6.45, 7) is 1.72. The molecule has 0 atom stereocenters. The average molecular weight is 243 g/mol. The number of aryl methyl sites for hydroxylation is 1. The van der Waals surface area contributed by atoms with Gasteiger partial charge in [0.25, 0.3) is 0 Å². The van der Waals surface area contributed by atoms with Gasteiger partial charge in [-0.25, -0.2) is 8.42 Å². The van der Waals surface area contributed by atoms with Crippen LogP contribution >= 0.6 is 0 Å². The van der Waals surface area contributed by atoms with E-state index >= 15 is 0 Å². The Hall–Kier alpha value is -1.07.